The summed E-state index contributed by atoms with van der Waals surface area (Å²) in [6.45, 7) is 1.85. The van der Waals surface area contributed by atoms with Crippen molar-refractivity contribution < 1.29 is 0 Å². The highest BCUT2D eigenvalue weighted by atomic mass is 35.5. The molecule has 1 rings (SSSR count). The molecule has 0 spiro atoms. The van der Waals surface area contributed by atoms with Gasteiger partial charge < -0.3 is 5.73 Å². The van der Waals surface area contributed by atoms with E-state index in [0.29, 0.717) is 14.4 Å². The van der Waals surface area contributed by atoms with Crippen LogP contribution in [-0.4, -0.2) is 0 Å². The summed E-state index contributed by atoms with van der Waals surface area (Å²) in [6.07, 6.45) is 0. The molecule has 0 aliphatic heterocycles. The molecule has 1 heterocycles. The van der Waals surface area contributed by atoms with Gasteiger partial charge in [0.25, 0.3) is 0 Å². The minimum absolute atomic E-state index is 0.581. The van der Waals surface area contributed by atoms with E-state index in [0.717, 1.165) is 5.56 Å². The molecule has 0 amide bonds. The molecule has 0 aromatic carbocycles. The minimum Gasteiger partial charge on any atom is -0.397 e. The Morgan fingerprint density at radius 3 is 2.00 bits per heavy atom. The summed E-state index contributed by atoms with van der Waals surface area (Å²) in [5.74, 6) is 0. The van der Waals surface area contributed by atoms with Gasteiger partial charge in [-0.1, -0.05) is 23.2 Å². The van der Waals surface area contributed by atoms with E-state index >= 15 is 0 Å². The lowest BCUT2D eigenvalue weighted by Gasteiger charge is -1.87. The summed E-state index contributed by atoms with van der Waals surface area (Å²) in [7, 11) is 0. The van der Waals surface area contributed by atoms with Gasteiger partial charge in [0.2, 0.25) is 0 Å². The first-order valence-corrected chi connectivity index (χ1v) is 3.90. The Labute approximate surface area is 67.4 Å². The number of nitrogens with two attached hydrogens (primary N) is 1. The fraction of sp³-hybridized carbons (Fsp3) is 0.200. The van der Waals surface area contributed by atoms with E-state index < -0.39 is 0 Å². The van der Waals surface area contributed by atoms with Gasteiger partial charge in [-0.2, -0.15) is 0 Å². The highest BCUT2D eigenvalue weighted by molar-refractivity contribution is 7.20. The zero-order chi connectivity index (χ0) is 7.02. The van der Waals surface area contributed by atoms with E-state index in [1.807, 2.05) is 6.92 Å². The van der Waals surface area contributed by atoms with Gasteiger partial charge in [0, 0.05) is 5.56 Å². The molecule has 1 nitrogen and oxygen atoms in total. The standard InChI is InChI=1S/C5H5Cl2NS/c1-2-3(8)5(7)9-4(2)6/h8H2,1H3. The van der Waals surface area contributed by atoms with Crippen LogP contribution in [0.15, 0.2) is 0 Å². The maximum absolute atomic E-state index is 5.69. The van der Waals surface area contributed by atoms with Crippen molar-refractivity contribution >= 4 is 40.2 Å². The van der Waals surface area contributed by atoms with Crippen LogP contribution >= 0.6 is 34.5 Å². The van der Waals surface area contributed by atoms with Crippen molar-refractivity contribution in [3.8, 4) is 0 Å². The van der Waals surface area contributed by atoms with Gasteiger partial charge in [0.1, 0.15) is 4.34 Å². The Hall–Kier alpha value is 0.0800. The molecule has 0 bridgehead atoms. The second-order valence-electron chi connectivity index (χ2n) is 1.69. The summed E-state index contributed by atoms with van der Waals surface area (Å²) in [5, 5.41) is 0. The minimum atomic E-state index is 0.581. The third-order valence-corrected chi connectivity index (χ3v) is 2.92. The van der Waals surface area contributed by atoms with E-state index in [1.54, 1.807) is 0 Å². The number of halogens is 2. The van der Waals surface area contributed by atoms with Crippen LogP contribution in [0, 0.1) is 6.92 Å². The summed E-state index contributed by atoms with van der Waals surface area (Å²) >= 11 is 12.6. The number of nitrogen functional groups attached to an aromatic ring is 1. The molecule has 0 aliphatic carbocycles. The van der Waals surface area contributed by atoms with Crippen molar-refractivity contribution in [2.45, 2.75) is 6.92 Å². The smallest absolute Gasteiger partial charge is 0.118 e. The quantitative estimate of drug-likeness (QED) is 0.655. The first kappa shape index (κ1) is 7.19. The van der Waals surface area contributed by atoms with Crippen molar-refractivity contribution in [1.82, 2.24) is 0 Å². The molecule has 50 valence electrons. The largest absolute Gasteiger partial charge is 0.397 e. The van der Waals surface area contributed by atoms with E-state index in [1.165, 1.54) is 11.3 Å². The highest BCUT2D eigenvalue weighted by Gasteiger charge is 2.07. The SMILES string of the molecule is Cc1c(Cl)sc(Cl)c1N. The van der Waals surface area contributed by atoms with Crippen LogP contribution in [0.1, 0.15) is 5.56 Å². The normalized spacial score (nSPS) is 10.1. The molecule has 2 N–H and O–H groups in total. The summed E-state index contributed by atoms with van der Waals surface area (Å²) < 4.78 is 1.26. The molecule has 1 aromatic heterocycles. The molecular weight excluding hydrogens is 177 g/mol. The first-order chi connectivity index (χ1) is 4.13. The van der Waals surface area contributed by atoms with E-state index in [-0.39, 0.29) is 0 Å². The van der Waals surface area contributed by atoms with E-state index in [4.69, 9.17) is 28.9 Å². The van der Waals surface area contributed by atoms with Gasteiger partial charge in [0.15, 0.2) is 0 Å². The lowest BCUT2D eigenvalue weighted by atomic mass is 10.3. The lowest BCUT2D eigenvalue weighted by Crippen LogP contribution is -1.83. The van der Waals surface area contributed by atoms with Crippen LogP contribution < -0.4 is 5.73 Å². The second kappa shape index (κ2) is 2.37. The Balaban J connectivity index is 3.29. The zero-order valence-corrected chi connectivity index (χ0v) is 7.07. The van der Waals surface area contributed by atoms with Gasteiger partial charge in [-0.15, -0.1) is 11.3 Å². The Morgan fingerprint density at radius 2 is 1.89 bits per heavy atom. The van der Waals surface area contributed by atoms with Gasteiger partial charge in [-0.25, -0.2) is 0 Å². The van der Waals surface area contributed by atoms with Crippen LogP contribution in [0.5, 0.6) is 0 Å². The number of anilines is 1. The third kappa shape index (κ3) is 1.16. The topological polar surface area (TPSA) is 26.0 Å². The first-order valence-electron chi connectivity index (χ1n) is 2.32. The molecule has 1 aromatic rings. The van der Waals surface area contributed by atoms with Gasteiger partial charge in [-0.05, 0) is 6.92 Å². The average Bonchev–Trinajstić information content (AvgIpc) is 1.98. The fourth-order valence-corrected chi connectivity index (χ4v) is 1.97. The van der Waals surface area contributed by atoms with Crippen LogP contribution in [0.25, 0.3) is 0 Å². The molecule has 0 radical (unpaired) electrons. The molecule has 9 heavy (non-hydrogen) atoms. The van der Waals surface area contributed by atoms with Crippen molar-refractivity contribution in [2.24, 2.45) is 0 Å². The summed E-state index contributed by atoms with van der Waals surface area (Å²) in [6, 6.07) is 0. The number of rotatable bonds is 0. The van der Waals surface area contributed by atoms with Gasteiger partial charge in [0.05, 0.1) is 10.0 Å². The van der Waals surface area contributed by atoms with Crippen LogP contribution in [-0.2, 0) is 0 Å². The summed E-state index contributed by atoms with van der Waals surface area (Å²) in [5.41, 5.74) is 6.98. The Morgan fingerprint density at radius 1 is 1.33 bits per heavy atom. The fourth-order valence-electron chi connectivity index (χ4n) is 0.463. The number of thiophene rings is 1. The number of hydrogen-bond acceptors (Lipinski definition) is 2. The van der Waals surface area contributed by atoms with E-state index in [2.05, 4.69) is 0 Å². The Kier molecular flexibility index (Phi) is 1.89. The molecule has 0 saturated carbocycles. The molecule has 0 atom stereocenters. The molecule has 0 saturated heterocycles. The molecule has 0 fully saturated rings. The van der Waals surface area contributed by atoms with Gasteiger partial charge >= 0.3 is 0 Å². The van der Waals surface area contributed by atoms with Crippen LogP contribution in [0.4, 0.5) is 5.69 Å². The highest BCUT2D eigenvalue weighted by Crippen LogP contribution is 2.37. The predicted octanol–water partition coefficient (Wildman–Crippen LogP) is 2.95. The lowest BCUT2D eigenvalue weighted by molar-refractivity contribution is 1.55. The molecular formula is C5H5Cl2NS. The number of hydrogen-bond donors (Lipinski definition) is 1. The van der Waals surface area contributed by atoms with Crippen LogP contribution in [0.2, 0.25) is 8.67 Å². The second-order valence-corrected chi connectivity index (χ2v) is 3.91. The van der Waals surface area contributed by atoms with Crippen molar-refractivity contribution in [3.63, 3.8) is 0 Å². The average molecular weight is 182 g/mol. The Bertz CT molecular complexity index is 209. The maximum Gasteiger partial charge on any atom is 0.118 e. The van der Waals surface area contributed by atoms with E-state index in [9.17, 15) is 0 Å². The molecule has 0 aliphatic rings. The molecule has 4 heteroatoms. The predicted molar refractivity (Wildman–Crippen MR) is 43.5 cm³/mol. The summed E-state index contributed by atoms with van der Waals surface area (Å²) in [4.78, 5) is 0. The van der Waals surface area contributed by atoms with Crippen molar-refractivity contribution in [3.05, 3.63) is 14.2 Å². The molecule has 0 unspecified atom stereocenters. The monoisotopic (exact) mass is 181 g/mol. The van der Waals surface area contributed by atoms with Crippen molar-refractivity contribution in [2.75, 3.05) is 5.73 Å². The third-order valence-electron chi connectivity index (χ3n) is 1.09. The van der Waals surface area contributed by atoms with Crippen molar-refractivity contribution in [1.29, 1.82) is 0 Å². The van der Waals surface area contributed by atoms with Gasteiger partial charge in [-0.3, -0.25) is 0 Å². The maximum atomic E-state index is 5.69. The zero-order valence-electron chi connectivity index (χ0n) is 4.74. The van der Waals surface area contributed by atoms with Crippen LogP contribution in [0.3, 0.4) is 0 Å².